The monoisotopic (exact) mass is 556 g/mol. The number of rotatable bonds is 10. The van der Waals surface area contributed by atoms with Crippen molar-refractivity contribution < 1.29 is 18.9 Å². The van der Waals surface area contributed by atoms with Crippen LogP contribution in [-0.4, -0.2) is 64.5 Å². The van der Waals surface area contributed by atoms with Crippen molar-refractivity contribution in [2.24, 2.45) is 10.7 Å². The summed E-state index contributed by atoms with van der Waals surface area (Å²) in [6.45, 7) is 6.11. The molecule has 0 unspecified atom stereocenters. The van der Waals surface area contributed by atoms with E-state index in [4.69, 9.17) is 24.7 Å². The molecular weight excluding hydrogens is 523 g/mol. The second kappa shape index (κ2) is 14.0. The first-order chi connectivity index (χ1) is 15.2. The smallest absolute Gasteiger partial charge is 0.189 e. The Bertz CT molecular complexity index is 860. The predicted molar refractivity (Wildman–Crippen MR) is 136 cm³/mol. The van der Waals surface area contributed by atoms with Crippen LogP contribution >= 0.6 is 24.0 Å². The Morgan fingerprint density at radius 1 is 1.06 bits per heavy atom. The topological polar surface area (TPSA) is 90.6 Å². The molecule has 0 bridgehead atoms. The van der Waals surface area contributed by atoms with Gasteiger partial charge in [0, 0.05) is 26.2 Å². The molecule has 2 aromatic rings. The highest BCUT2D eigenvalue weighted by molar-refractivity contribution is 14.0. The van der Waals surface area contributed by atoms with Crippen molar-refractivity contribution in [3.05, 3.63) is 53.6 Å². The summed E-state index contributed by atoms with van der Waals surface area (Å²) in [5, 5.41) is 3.13. The van der Waals surface area contributed by atoms with E-state index < -0.39 is 0 Å². The zero-order chi connectivity index (χ0) is 21.9. The average molecular weight is 556 g/mol. The molecule has 1 heterocycles. The minimum absolute atomic E-state index is 0. The standard InChI is InChI=1S/C23H32N4O4.HI/c1-28-21-7-6-19(15-22(21)29-2)17-26-23(24)25-16-18-4-3-5-20(14-18)31-13-10-27-8-11-30-12-9-27;/h3-7,14-15H,8-13,16-17H2,1-2H3,(H3,24,25,26);1H. The van der Waals surface area contributed by atoms with Gasteiger partial charge in [-0.1, -0.05) is 18.2 Å². The molecule has 1 aliphatic heterocycles. The Kier molecular flexibility index (Phi) is 11.4. The quantitative estimate of drug-likeness (QED) is 0.264. The molecule has 176 valence electrons. The number of methoxy groups -OCH3 is 2. The van der Waals surface area contributed by atoms with E-state index in [1.54, 1.807) is 14.2 Å². The predicted octanol–water partition coefficient (Wildman–Crippen LogP) is 2.64. The van der Waals surface area contributed by atoms with E-state index in [1.807, 2.05) is 42.5 Å². The number of hydrogen-bond donors (Lipinski definition) is 2. The Hall–Kier alpha value is -2.24. The van der Waals surface area contributed by atoms with Crippen LogP contribution in [0.3, 0.4) is 0 Å². The van der Waals surface area contributed by atoms with Crippen LogP contribution in [0.2, 0.25) is 0 Å². The molecule has 0 aromatic heterocycles. The van der Waals surface area contributed by atoms with Crippen molar-refractivity contribution in [1.82, 2.24) is 10.2 Å². The van der Waals surface area contributed by atoms with E-state index in [9.17, 15) is 0 Å². The van der Waals surface area contributed by atoms with Gasteiger partial charge in [0.1, 0.15) is 12.4 Å². The third kappa shape index (κ3) is 8.36. The molecule has 8 nitrogen and oxygen atoms in total. The lowest BCUT2D eigenvalue weighted by atomic mass is 10.2. The average Bonchev–Trinajstić information content (AvgIpc) is 2.82. The number of nitrogens with one attached hydrogen (secondary N) is 1. The van der Waals surface area contributed by atoms with Crippen LogP contribution in [0.5, 0.6) is 17.2 Å². The summed E-state index contributed by atoms with van der Waals surface area (Å²) in [6.07, 6.45) is 0. The lowest BCUT2D eigenvalue weighted by molar-refractivity contribution is 0.0322. The molecule has 1 saturated heterocycles. The van der Waals surface area contributed by atoms with E-state index in [-0.39, 0.29) is 24.0 Å². The Morgan fingerprint density at radius 3 is 2.59 bits per heavy atom. The fraction of sp³-hybridized carbons (Fsp3) is 0.435. The van der Waals surface area contributed by atoms with E-state index in [0.717, 1.165) is 49.7 Å². The molecule has 0 saturated carbocycles. The molecule has 1 fully saturated rings. The number of benzene rings is 2. The van der Waals surface area contributed by atoms with Crippen molar-refractivity contribution in [3.8, 4) is 17.2 Å². The first-order valence-corrected chi connectivity index (χ1v) is 10.4. The van der Waals surface area contributed by atoms with Crippen molar-refractivity contribution in [2.75, 3.05) is 53.7 Å². The van der Waals surface area contributed by atoms with Crippen molar-refractivity contribution in [2.45, 2.75) is 13.1 Å². The van der Waals surface area contributed by atoms with Crippen LogP contribution in [-0.2, 0) is 17.8 Å². The molecule has 1 aliphatic rings. The molecule has 0 spiro atoms. The van der Waals surface area contributed by atoms with Crippen LogP contribution in [0.4, 0.5) is 0 Å². The normalized spacial score (nSPS) is 14.4. The van der Waals surface area contributed by atoms with Gasteiger partial charge < -0.3 is 30.0 Å². The van der Waals surface area contributed by atoms with Crippen molar-refractivity contribution in [1.29, 1.82) is 0 Å². The van der Waals surface area contributed by atoms with Gasteiger partial charge in [0.2, 0.25) is 0 Å². The zero-order valence-electron chi connectivity index (χ0n) is 18.7. The van der Waals surface area contributed by atoms with Gasteiger partial charge in [0.05, 0.1) is 34.0 Å². The van der Waals surface area contributed by atoms with Gasteiger partial charge in [0.15, 0.2) is 17.5 Å². The first-order valence-electron chi connectivity index (χ1n) is 10.4. The highest BCUT2D eigenvalue weighted by atomic mass is 127. The minimum Gasteiger partial charge on any atom is -0.493 e. The SMILES string of the molecule is COc1ccc(CNC(N)=NCc2cccc(OCCN3CCOCC3)c2)cc1OC.I. The minimum atomic E-state index is 0. The van der Waals surface area contributed by atoms with Gasteiger partial charge in [-0.3, -0.25) is 4.90 Å². The summed E-state index contributed by atoms with van der Waals surface area (Å²) in [7, 11) is 3.23. The van der Waals surface area contributed by atoms with Crippen molar-refractivity contribution >= 4 is 29.9 Å². The lowest BCUT2D eigenvalue weighted by Crippen LogP contribution is -2.38. The maximum atomic E-state index is 6.03. The third-order valence-electron chi connectivity index (χ3n) is 5.03. The number of guanidine groups is 1. The summed E-state index contributed by atoms with van der Waals surface area (Å²) in [5.74, 6) is 2.61. The van der Waals surface area contributed by atoms with Crippen LogP contribution in [0.1, 0.15) is 11.1 Å². The molecule has 9 heteroatoms. The van der Waals surface area contributed by atoms with E-state index in [0.29, 0.717) is 37.2 Å². The van der Waals surface area contributed by atoms with E-state index >= 15 is 0 Å². The van der Waals surface area contributed by atoms with Crippen molar-refractivity contribution in [3.63, 3.8) is 0 Å². The number of aliphatic imine (C=N–C) groups is 1. The van der Waals surface area contributed by atoms with Gasteiger partial charge in [-0.05, 0) is 35.4 Å². The molecule has 0 amide bonds. The molecule has 32 heavy (non-hydrogen) atoms. The Morgan fingerprint density at radius 2 is 1.84 bits per heavy atom. The Balaban J connectivity index is 0.00000363. The van der Waals surface area contributed by atoms with Gasteiger partial charge >= 0.3 is 0 Å². The van der Waals surface area contributed by atoms with Crippen LogP contribution in [0.25, 0.3) is 0 Å². The molecule has 0 aliphatic carbocycles. The second-order valence-corrected chi connectivity index (χ2v) is 7.19. The maximum Gasteiger partial charge on any atom is 0.189 e. The summed E-state index contributed by atoms with van der Waals surface area (Å²) >= 11 is 0. The van der Waals surface area contributed by atoms with E-state index in [2.05, 4.69) is 15.2 Å². The molecule has 0 radical (unpaired) electrons. The maximum absolute atomic E-state index is 6.03. The van der Waals surface area contributed by atoms with Crippen LogP contribution in [0.15, 0.2) is 47.5 Å². The molecule has 0 atom stereocenters. The van der Waals surface area contributed by atoms with Crippen LogP contribution in [0, 0.1) is 0 Å². The van der Waals surface area contributed by atoms with Crippen LogP contribution < -0.4 is 25.3 Å². The molecule has 2 aromatic carbocycles. The number of nitrogens with two attached hydrogens (primary N) is 1. The second-order valence-electron chi connectivity index (χ2n) is 7.19. The van der Waals surface area contributed by atoms with Gasteiger partial charge in [0.25, 0.3) is 0 Å². The first kappa shape index (κ1) is 26.0. The number of halogens is 1. The number of hydrogen-bond acceptors (Lipinski definition) is 6. The molecule has 3 N–H and O–H groups in total. The fourth-order valence-corrected chi connectivity index (χ4v) is 3.27. The lowest BCUT2D eigenvalue weighted by Gasteiger charge is -2.26. The largest absolute Gasteiger partial charge is 0.493 e. The molecular formula is C23H33IN4O4. The number of nitrogens with zero attached hydrogens (tertiary/aromatic N) is 2. The highest BCUT2D eigenvalue weighted by Crippen LogP contribution is 2.27. The van der Waals surface area contributed by atoms with E-state index in [1.165, 1.54) is 0 Å². The van der Waals surface area contributed by atoms with Gasteiger partial charge in [-0.2, -0.15) is 0 Å². The number of morpholine rings is 1. The Labute approximate surface area is 207 Å². The third-order valence-corrected chi connectivity index (χ3v) is 5.03. The summed E-state index contributed by atoms with van der Waals surface area (Å²) in [5.41, 5.74) is 8.09. The number of ether oxygens (including phenoxy) is 4. The van der Waals surface area contributed by atoms with Gasteiger partial charge in [-0.25, -0.2) is 4.99 Å². The fourth-order valence-electron chi connectivity index (χ4n) is 3.27. The summed E-state index contributed by atoms with van der Waals surface area (Å²) in [4.78, 5) is 6.78. The summed E-state index contributed by atoms with van der Waals surface area (Å²) < 4.78 is 21.9. The highest BCUT2D eigenvalue weighted by Gasteiger charge is 2.10. The summed E-state index contributed by atoms with van der Waals surface area (Å²) in [6, 6.07) is 13.7. The molecule has 3 rings (SSSR count). The zero-order valence-corrected chi connectivity index (χ0v) is 21.0. The van der Waals surface area contributed by atoms with Gasteiger partial charge in [-0.15, -0.1) is 24.0 Å².